The van der Waals surface area contributed by atoms with Crippen molar-refractivity contribution in [2.45, 2.75) is 56.2 Å². The van der Waals surface area contributed by atoms with Crippen LogP contribution in [0.15, 0.2) is 0 Å². The third-order valence-electron chi connectivity index (χ3n) is 4.65. The summed E-state index contributed by atoms with van der Waals surface area (Å²) in [4.78, 5) is 0. The number of nitrogens with one attached hydrogen (secondary N) is 1. The second kappa shape index (κ2) is 2.71. The van der Waals surface area contributed by atoms with Gasteiger partial charge in [-0.15, -0.1) is 0 Å². The normalized spacial score (nSPS) is 49.3. The Bertz CT molecular complexity index is 238. The van der Waals surface area contributed by atoms with Crippen LogP contribution in [0.1, 0.15) is 38.5 Å². The highest BCUT2D eigenvalue weighted by molar-refractivity contribution is 5.14. The molecule has 2 heterocycles. The molecule has 0 radical (unpaired) electrons. The van der Waals surface area contributed by atoms with Crippen molar-refractivity contribution in [1.29, 1.82) is 0 Å². The Labute approximate surface area is 84.5 Å². The van der Waals surface area contributed by atoms with Gasteiger partial charge in [0.15, 0.2) is 0 Å². The van der Waals surface area contributed by atoms with Crippen LogP contribution < -0.4 is 5.32 Å². The number of piperidine rings is 1. The van der Waals surface area contributed by atoms with E-state index in [2.05, 4.69) is 5.32 Å². The van der Waals surface area contributed by atoms with Crippen molar-refractivity contribution >= 4 is 0 Å². The molecule has 3 aliphatic rings. The zero-order valence-corrected chi connectivity index (χ0v) is 8.50. The molecule has 3 rings (SSSR count). The average molecular weight is 197 g/mol. The molecule has 2 unspecified atom stereocenters. The fraction of sp³-hybridized carbons (Fsp3) is 1.00. The maximum absolute atomic E-state index is 10.6. The van der Waals surface area contributed by atoms with E-state index in [1.165, 1.54) is 12.8 Å². The first kappa shape index (κ1) is 9.13. The molecule has 80 valence electrons. The van der Waals surface area contributed by atoms with Gasteiger partial charge in [0.25, 0.3) is 0 Å². The highest BCUT2D eigenvalue weighted by Gasteiger charge is 2.61. The largest absolute Gasteiger partial charge is 0.396 e. The first-order chi connectivity index (χ1) is 6.67. The van der Waals surface area contributed by atoms with E-state index < -0.39 is 5.60 Å². The smallest absolute Gasteiger partial charge is 0.0755 e. The molecule has 3 N–H and O–H groups in total. The van der Waals surface area contributed by atoms with E-state index in [1.54, 1.807) is 0 Å². The summed E-state index contributed by atoms with van der Waals surface area (Å²) in [6.45, 7) is 0.170. The molecule has 0 aromatic rings. The predicted molar refractivity (Wildman–Crippen MR) is 52.9 cm³/mol. The summed E-state index contributed by atoms with van der Waals surface area (Å²) < 4.78 is 0. The summed E-state index contributed by atoms with van der Waals surface area (Å²) in [5, 5.41) is 23.6. The van der Waals surface area contributed by atoms with Gasteiger partial charge in [0, 0.05) is 17.5 Å². The molecule has 2 saturated heterocycles. The van der Waals surface area contributed by atoms with Gasteiger partial charge < -0.3 is 15.5 Å². The minimum atomic E-state index is -0.571. The predicted octanol–water partition coefficient (Wildman–Crippen LogP) is 0.404. The van der Waals surface area contributed by atoms with Gasteiger partial charge in [-0.25, -0.2) is 0 Å². The molecular formula is C11H19NO2. The van der Waals surface area contributed by atoms with E-state index in [0.717, 1.165) is 25.7 Å². The third-order valence-corrected chi connectivity index (χ3v) is 4.65. The Morgan fingerprint density at radius 2 is 1.71 bits per heavy atom. The summed E-state index contributed by atoms with van der Waals surface area (Å²) in [5.74, 6) is 0. The Balaban J connectivity index is 1.83. The van der Waals surface area contributed by atoms with Crippen LogP contribution in [0.25, 0.3) is 0 Å². The monoisotopic (exact) mass is 197 g/mol. The Morgan fingerprint density at radius 1 is 1.14 bits per heavy atom. The van der Waals surface area contributed by atoms with Crippen LogP contribution in [-0.2, 0) is 0 Å². The van der Waals surface area contributed by atoms with E-state index in [1.807, 2.05) is 0 Å². The maximum Gasteiger partial charge on any atom is 0.0755 e. The fourth-order valence-electron chi connectivity index (χ4n) is 3.48. The van der Waals surface area contributed by atoms with Gasteiger partial charge in [0.1, 0.15) is 0 Å². The molecule has 0 amide bonds. The zero-order chi connectivity index (χ0) is 9.81. The number of hydrogen-bond acceptors (Lipinski definition) is 3. The van der Waals surface area contributed by atoms with Gasteiger partial charge in [-0.2, -0.15) is 0 Å². The van der Waals surface area contributed by atoms with E-state index >= 15 is 0 Å². The molecule has 1 saturated carbocycles. The van der Waals surface area contributed by atoms with Crippen LogP contribution in [0.3, 0.4) is 0 Å². The highest BCUT2D eigenvalue weighted by Crippen LogP contribution is 2.58. The van der Waals surface area contributed by atoms with Crippen LogP contribution in [0.4, 0.5) is 0 Å². The number of fused-ring (bicyclic) bond motifs is 2. The Hall–Kier alpha value is -0.120. The molecule has 3 nitrogen and oxygen atoms in total. The van der Waals surface area contributed by atoms with Gasteiger partial charge in [-0.3, -0.25) is 0 Å². The van der Waals surface area contributed by atoms with E-state index in [-0.39, 0.29) is 12.0 Å². The van der Waals surface area contributed by atoms with Crippen LogP contribution in [0.5, 0.6) is 0 Å². The first-order valence-corrected chi connectivity index (χ1v) is 5.77. The highest BCUT2D eigenvalue weighted by atomic mass is 16.3. The van der Waals surface area contributed by atoms with Crippen molar-refractivity contribution < 1.29 is 10.2 Å². The molecule has 1 aliphatic carbocycles. The zero-order valence-electron chi connectivity index (χ0n) is 8.50. The maximum atomic E-state index is 10.6. The minimum absolute atomic E-state index is 0.129. The lowest BCUT2D eigenvalue weighted by molar-refractivity contribution is -0.0873. The third kappa shape index (κ3) is 1.09. The number of aliphatic hydroxyl groups is 2. The summed E-state index contributed by atoms with van der Waals surface area (Å²) in [5.41, 5.74) is -0.700. The molecular weight excluding hydrogens is 178 g/mol. The molecule has 3 heteroatoms. The van der Waals surface area contributed by atoms with Gasteiger partial charge in [0.2, 0.25) is 0 Å². The van der Waals surface area contributed by atoms with E-state index in [9.17, 15) is 10.2 Å². The SMILES string of the molecule is OCC1(C2(O)CC3CCC(C2)N3)CC1. The molecule has 2 aliphatic heterocycles. The van der Waals surface area contributed by atoms with Crippen molar-refractivity contribution in [3.63, 3.8) is 0 Å². The van der Waals surface area contributed by atoms with Crippen LogP contribution in [-0.4, -0.2) is 34.5 Å². The van der Waals surface area contributed by atoms with Crippen molar-refractivity contribution in [2.24, 2.45) is 5.41 Å². The molecule has 14 heavy (non-hydrogen) atoms. The Morgan fingerprint density at radius 3 is 2.14 bits per heavy atom. The molecule has 3 fully saturated rings. The van der Waals surface area contributed by atoms with Gasteiger partial charge in [0.05, 0.1) is 12.2 Å². The molecule has 2 atom stereocenters. The second-order valence-electron chi connectivity index (χ2n) is 5.52. The molecule has 2 bridgehead atoms. The van der Waals surface area contributed by atoms with Crippen LogP contribution in [0, 0.1) is 5.41 Å². The number of rotatable bonds is 2. The first-order valence-electron chi connectivity index (χ1n) is 5.77. The van der Waals surface area contributed by atoms with Crippen LogP contribution >= 0.6 is 0 Å². The van der Waals surface area contributed by atoms with Crippen LogP contribution in [0.2, 0.25) is 0 Å². The number of hydrogen-bond donors (Lipinski definition) is 3. The summed E-state index contributed by atoms with van der Waals surface area (Å²) in [6, 6.07) is 1.01. The molecule has 0 spiro atoms. The average Bonchev–Trinajstić information content (AvgIpc) is 2.89. The standard InChI is InChI=1S/C11H19NO2/c13-7-10(3-4-10)11(14)5-8-1-2-9(6-11)12-8/h8-9,12-14H,1-7H2. The van der Waals surface area contributed by atoms with E-state index in [0.29, 0.717) is 12.1 Å². The number of aliphatic hydroxyl groups excluding tert-OH is 1. The summed E-state index contributed by atoms with van der Waals surface area (Å²) >= 11 is 0. The van der Waals surface area contributed by atoms with Crippen molar-refractivity contribution in [3.8, 4) is 0 Å². The lowest BCUT2D eigenvalue weighted by Gasteiger charge is -2.42. The van der Waals surface area contributed by atoms with Gasteiger partial charge >= 0.3 is 0 Å². The van der Waals surface area contributed by atoms with Crippen molar-refractivity contribution in [3.05, 3.63) is 0 Å². The minimum Gasteiger partial charge on any atom is -0.396 e. The topological polar surface area (TPSA) is 52.5 Å². The lowest BCUT2D eigenvalue weighted by atomic mass is 9.75. The molecule has 0 aromatic carbocycles. The van der Waals surface area contributed by atoms with Gasteiger partial charge in [-0.1, -0.05) is 0 Å². The fourth-order valence-corrected chi connectivity index (χ4v) is 3.48. The van der Waals surface area contributed by atoms with Crippen molar-refractivity contribution in [1.82, 2.24) is 5.32 Å². The molecule has 0 aromatic heterocycles. The Kier molecular flexibility index (Phi) is 1.77. The van der Waals surface area contributed by atoms with Crippen molar-refractivity contribution in [2.75, 3.05) is 6.61 Å². The summed E-state index contributed by atoms with van der Waals surface area (Å²) in [7, 11) is 0. The summed E-state index contributed by atoms with van der Waals surface area (Å²) in [6.07, 6.45) is 6.13. The van der Waals surface area contributed by atoms with E-state index in [4.69, 9.17) is 0 Å². The quantitative estimate of drug-likeness (QED) is 0.601. The second-order valence-corrected chi connectivity index (χ2v) is 5.52. The van der Waals surface area contributed by atoms with Gasteiger partial charge in [-0.05, 0) is 38.5 Å². The lowest BCUT2D eigenvalue weighted by Crippen LogP contribution is -2.54.